The van der Waals surface area contributed by atoms with E-state index in [0.29, 0.717) is 12.0 Å². The van der Waals surface area contributed by atoms with E-state index in [1.165, 1.54) is 13.0 Å². The number of oxime groups is 1. The topological polar surface area (TPSA) is 78.8 Å². The quantitative estimate of drug-likeness (QED) is 0.588. The Morgan fingerprint density at radius 2 is 2.17 bits per heavy atom. The van der Waals surface area contributed by atoms with Gasteiger partial charge in [0, 0.05) is 13.3 Å². The van der Waals surface area contributed by atoms with E-state index >= 15 is 0 Å². The molecule has 0 unspecified atom stereocenters. The van der Waals surface area contributed by atoms with Gasteiger partial charge in [-0.2, -0.15) is 0 Å². The van der Waals surface area contributed by atoms with Crippen LogP contribution in [0.5, 0.6) is 0 Å². The number of hydrogen-bond acceptors (Lipinski definition) is 4. The maximum absolute atomic E-state index is 13.4. The van der Waals surface area contributed by atoms with Gasteiger partial charge in [0.15, 0.2) is 0 Å². The number of halogens is 1. The number of carbonyl (C=O) groups excluding carboxylic acids is 2. The van der Waals surface area contributed by atoms with Gasteiger partial charge in [0.05, 0.1) is 11.3 Å². The standard InChI is InChI=1S/C12H11FN2O3/c1-6(16)14-10-5-8(13)4-7-2-3-9(15-18)12(17)11(7)10/h4-5,18H,2-3H2,1H3,(H,14,16)/b15-9-. The third-order valence-electron chi connectivity index (χ3n) is 2.74. The van der Waals surface area contributed by atoms with Crippen LogP contribution in [0.25, 0.3) is 0 Å². The second-order valence-corrected chi connectivity index (χ2v) is 4.04. The van der Waals surface area contributed by atoms with Crippen molar-refractivity contribution >= 4 is 23.1 Å². The van der Waals surface area contributed by atoms with Crippen molar-refractivity contribution in [2.45, 2.75) is 19.8 Å². The van der Waals surface area contributed by atoms with Gasteiger partial charge >= 0.3 is 0 Å². The molecule has 94 valence electrons. The number of amides is 1. The van der Waals surface area contributed by atoms with Crippen LogP contribution in [0.1, 0.15) is 29.3 Å². The third-order valence-corrected chi connectivity index (χ3v) is 2.74. The van der Waals surface area contributed by atoms with Gasteiger partial charge in [-0.05, 0) is 24.1 Å². The fourth-order valence-corrected chi connectivity index (χ4v) is 2.02. The van der Waals surface area contributed by atoms with Crippen LogP contribution in [-0.2, 0) is 11.2 Å². The van der Waals surface area contributed by atoms with Crippen molar-refractivity contribution in [3.8, 4) is 0 Å². The number of nitrogens with zero attached hydrogens (tertiary/aromatic N) is 1. The molecule has 1 aliphatic carbocycles. The lowest BCUT2D eigenvalue weighted by Gasteiger charge is -2.19. The molecule has 6 heteroatoms. The molecule has 0 fully saturated rings. The number of hydrogen-bond donors (Lipinski definition) is 2. The van der Waals surface area contributed by atoms with Gasteiger partial charge in [-0.3, -0.25) is 9.59 Å². The van der Waals surface area contributed by atoms with Crippen LogP contribution >= 0.6 is 0 Å². The predicted molar refractivity (Wildman–Crippen MR) is 62.6 cm³/mol. The number of ketones is 1. The molecule has 0 aliphatic heterocycles. The molecule has 1 amide bonds. The van der Waals surface area contributed by atoms with Gasteiger partial charge in [-0.25, -0.2) is 4.39 Å². The Kier molecular flexibility index (Phi) is 3.10. The maximum atomic E-state index is 13.4. The Bertz CT molecular complexity index is 567. The molecule has 0 saturated heterocycles. The smallest absolute Gasteiger partial charge is 0.221 e. The van der Waals surface area contributed by atoms with Gasteiger partial charge < -0.3 is 10.5 Å². The van der Waals surface area contributed by atoms with Crippen LogP contribution in [-0.4, -0.2) is 22.6 Å². The van der Waals surface area contributed by atoms with Crippen LogP contribution in [0.3, 0.4) is 0 Å². The second kappa shape index (κ2) is 4.56. The Morgan fingerprint density at radius 3 is 2.78 bits per heavy atom. The van der Waals surface area contributed by atoms with Crippen LogP contribution in [0, 0.1) is 5.82 Å². The summed E-state index contributed by atoms with van der Waals surface area (Å²) in [5, 5.41) is 14.1. The first-order valence-electron chi connectivity index (χ1n) is 5.38. The molecule has 1 aromatic carbocycles. The van der Waals surface area contributed by atoms with Crippen LogP contribution < -0.4 is 5.32 Å². The lowest BCUT2D eigenvalue weighted by atomic mass is 9.88. The molecule has 5 nitrogen and oxygen atoms in total. The second-order valence-electron chi connectivity index (χ2n) is 4.04. The molecule has 1 aliphatic rings. The SMILES string of the molecule is CC(=O)Nc1cc(F)cc2c1C(=O)/C(=N\O)CC2. The van der Waals surface area contributed by atoms with Crippen molar-refractivity contribution in [2.75, 3.05) is 5.32 Å². The summed E-state index contributed by atoms with van der Waals surface area (Å²) < 4.78 is 13.4. The number of Topliss-reactive ketones (excluding diaryl/α,β-unsaturated/α-hetero) is 1. The number of rotatable bonds is 1. The lowest BCUT2D eigenvalue weighted by Crippen LogP contribution is -2.25. The first-order valence-corrected chi connectivity index (χ1v) is 5.38. The van der Waals surface area contributed by atoms with Crippen molar-refractivity contribution in [2.24, 2.45) is 5.16 Å². The average Bonchev–Trinajstić information content (AvgIpc) is 2.27. The van der Waals surface area contributed by atoms with E-state index in [1.807, 2.05) is 0 Å². The van der Waals surface area contributed by atoms with Gasteiger partial charge in [0.2, 0.25) is 11.7 Å². The molecule has 1 aromatic rings. The number of carbonyl (C=O) groups is 2. The first kappa shape index (κ1) is 12.2. The van der Waals surface area contributed by atoms with Gasteiger partial charge in [-0.1, -0.05) is 5.16 Å². The molecular formula is C12H11FN2O3. The van der Waals surface area contributed by atoms with E-state index in [2.05, 4.69) is 10.5 Å². The fourth-order valence-electron chi connectivity index (χ4n) is 2.02. The summed E-state index contributed by atoms with van der Waals surface area (Å²) in [4.78, 5) is 23.0. The lowest BCUT2D eigenvalue weighted by molar-refractivity contribution is -0.114. The summed E-state index contributed by atoms with van der Waals surface area (Å²) in [6.07, 6.45) is 0.649. The van der Waals surface area contributed by atoms with E-state index in [1.54, 1.807) is 0 Å². The van der Waals surface area contributed by atoms with E-state index in [9.17, 15) is 14.0 Å². The Hall–Kier alpha value is -2.24. The van der Waals surface area contributed by atoms with E-state index in [0.717, 1.165) is 6.07 Å². The molecular weight excluding hydrogens is 239 g/mol. The zero-order chi connectivity index (χ0) is 13.3. The molecule has 0 spiro atoms. The van der Waals surface area contributed by atoms with E-state index in [-0.39, 0.29) is 23.4 Å². The number of nitrogens with one attached hydrogen (secondary N) is 1. The van der Waals surface area contributed by atoms with Gasteiger partial charge in [0.1, 0.15) is 11.5 Å². The van der Waals surface area contributed by atoms with E-state index in [4.69, 9.17) is 5.21 Å². The number of aryl methyl sites for hydroxylation is 1. The van der Waals surface area contributed by atoms with Gasteiger partial charge in [0.25, 0.3) is 0 Å². The molecule has 0 saturated carbocycles. The van der Waals surface area contributed by atoms with Crippen molar-refractivity contribution in [3.63, 3.8) is 0 Å². The fraction of sp³-hybridized carbons (Fsp3) is 0.250. The summed E-state index contributed by atoms with van der Waals surface area (Å²) in [7, 11) is 0. The van der Waals surface area contributed by atoms with E-state index < -0.39 is 17.5 Å². The third kappa shape index (κ3) is 2.09. The summed E-state index contributed by atoms with van der Waals surface area (Å²) in [5.41, 5.74) is 0.839. The summed E-state index contributed by atoms with van der Waals surface area (Å²) >= 11 is 0. The minimum absolute atomic E-state index is 0.0145. The monoisotopic (exact) mass is 250 g/mol. The minimum Gasteiger partial charge on any atom is -0.411 e. The summed E-state index contributed by atoms with van der Waals surface area (Å²) in [6.45, 7) is 1.27. The molecule has 0 atom stereocenters. The molecule has 0 radical (unpaired) electrons. The summed E-state index contributed by atoms with van der Waals surface area (Å²) in [6, 6.07) is 2.34. The van der Waals surface area contributed by atoms with Gasteiger partial charge in [-0.15, -0.1) is 0 Å². The highest BCUT2D eigenvalue weighted by molar-refractivity contribution is 6.48. The molecule has 2 rings (SSSR count). The highest BCUT2D eigenvalue weighted by Crippen LogP contribution is 2.28. The molecule has 18 heavy (non-hydrogen) atoms. The highest BCUT2D eigenvalue weighted by Gasteiger charge is 2.27. The largest absolute Gasteiger partial charge is 0.411 e. The average molecular weight is 250 g/mol. The molecule has 0 aromatic heterocycles. The number of benzene rings is 1. The first-order chi connectivity index (χ1) is 8.52. The number of anilines is 1. The molecule has 2 N–H and O–H groups in total. The highest BCUT2D eigenvalue weighted by atomic mass is 19.1. The minimum atomic E-state index is -0.519. The van der Waals surface area contributed by atoms with Crippen LogP contribution in [0.4, 0.5) is 10.1 Å². The van der Waals surface area contributed by atoms with Crippen LogP contribution in [0.2, 0.25) is 0 Å². The zero-order valence-electron chi connectivity index (χ0n) is 9.66. The van der Waals surface area contributed by atoms with Crippen molar-refractivity contribution in [1.82, 2.24) is 0 Å². The van der Waals surface area contributed by atoms with Crippen molar-refractivity contribution < 1.29 is 19.2 Å². The predicted octanol–water partition coefficient (Wildman–Crippen LogP) is 1.74. The Balaban J connectivity index is 2.58. The number of fused-ring (bicyclic) bond motifs is 1. The van der Waals surface area contributed by atoms with Crippen molar-refractivity contribution in [3.05, 3.63) is 29.1 Å². The van der Waals surface area contributed by atoms with Crippen molar-refractivity contribution in [1.29, 1.82) is 0 Å². The maximum Gasteiger partial charge on any atom is 0.221 e. The molecule has 0 heterocycles. The Labute approximate surface area is 102 Å². The normalized spacial score (nSPS) is 16.6. The molecule has 0 bridgehead atoms. The Morgan fingerprint density at radius 1 is 1.44 bits per heavy atom. The zero-order valence-corrected chi connectivity index (χ0v) is 9.66. The summed E-state index contributed by atoms with van der Waals surface area (Å²) in [5.74, 6) is -1.40. The van der Waals surface area contributed by atoms with Crippen LogP contribution in [0.15, 0.2) is 17.3 Å².